The van der Waals surface area contributed by atoms with Crippen LogP contribution in [0.3, 0.4) is 0 Å². The van der Waals surface area contributed by atoms with Crippen molar-refractivity contribution in [2.75, 3.05) is 18.0 Å². The number of aromatic nitrogens is 2. The van der Waals surface area contributed by atoms with E-state index in [2.05, 4.69) is 10.00 Å². The molecule has 0 atom stereocenters. The summed E-state index contributed by atoms with van der Waals surface area (Å²) in [6, 6.07) is 0. The number of aliphatic hydroxyl groups excluding tert-OH is 1. The largest absolute Gasteiger partial charge is 0.391 e. The van der Waals surface area contributed by atoms with Gasteiger partial charge in [0.15, 0.2) is 0 Å². The Bertz CT molecular complexity index is 447. The fourth-order valence-corrected chi connectivity index (χ4v) is 2.65. The van der Waals surface area contributed by atoms with Gasteiger partial charge in [0.05, 0.1) is 12.3 Å². The second-order valence-electron chi connectivity index (χ2n) is 4.83. The topological polar surface area (TPSA) is 84.4 Å². The highest BCUT2D eigenvalue weighted by atomic mass is 16.3. The summed E-state index contributed by atoms with van der Waals surface area (Å²) in [5.41, 5.74) is 7.05. The second-order valence-corrected chi connectivity index (χ2v) is 4.83. The Morgan fingerprint density at radius 2 is 2.11 bits per heavy atom. The number of carbonyl (C=O) groups excluding carboxylic acids is 1. The van der Waals surface area contributed by atoms with Crippen LogP contribution in [0.1, 0.15) is 24.1 Å². The van der Waals surface area contributed by atoms with Crippen LogP contribution in [0.15, 0.2) is 0 Å². The maximum Gasteiger partial charge on any atom is 0.220 e. The van der Waals surface area contributed by atoms with Crippen molar-refractivity contribution in [2.24, 2.45) is 18.7 Å². The first-order chi connectivity index (χ1) is 8.54. The van der Waals surface area contributed by atoms with Gasteiger partial charge in [0, 0.05) is 31.6 Å². The summed E-state index contributed by atoms with van der Waals surface area (Å²) >= 11 is 0. The van der Waals surface area contributed by atoms with Crippen molar-refractivity contribution < 1.29 is 9.90 Å². The van der Waals surface area contributed by atoms with Gasteiger partial charge in [0.1, 0.15) is 5.82 Å². The van der Waals surface area contributed by atoms with Crippen molar-refractivity contribution in [1.29, 1.82) is 0 Å². The molecule has 3 N–H and O–H groups in total. The van der Waals surface area contributed by atoms with E-state index >= 15 is 0 Å². The molecule has 0 bridgehead atoms. The van der Waals surface area contributed by atoms with E-state index in [0.717, 1.165) is 43.0 Å². The van der Waals surface area contributed by atoms with E-state index in [1.54, 1.807) is 4.68 Å². The number of amides is 1. The number of carbonyl (C=O) groups is 1. The summed E-state index contributed by atoms with van der Waals surface area (Å²) in [5, 5.41) is 13.8. The van der Waals surface area contributed by atoms with Crippen molar-refractivity contribution in [3.63, 3.8) is 0 Å². The van der Waals surface area contributed by atoms with Crippen molar-refractivity contribution in [1.82, 2.24) is 9.78 Å². The lowest BCUT2D eigenvalue weighted by Crippen LogP contribution is -2.39. The molecule has 1 aliphatic heterocycles. The highest BCUT2D eigenvalue weighted by Gasteiger charge is 2.26. The number of hydrogen-bond acceptors (Lipinski definition) is 4. The standard InChI is InChI=1S/C12H20N4O2/c1-8-10(7-17)12(15(2)14-8)16-5-3-9(4-6-16)11(13)18/h9,17H,3-7H2,1-2H3,(H2,13,18). The molecule has 1 fully saturated rings. The van der Waals surface area contributed by atoms with Crippen molar-refractivity contribution in [2.45, 2.75) is 26.4 Å². The predicted octanol–water partition coefficient (Wildman–Crippen LogP) is -0.0775. The Morgan fingerprint density at radius 1 is 1.50 bits per heavy atom. The lowest BCUT2D eigenvalue weighted by atomic mass is 9.96. The van der Waals surface area contributed by atoms with Gasteiger partial charge in [-0.2, -0.15) is 5.10 Å². The van der Waals surface area contributed by atoms with Gasteiger partial charge < -0.3 is 15.7 Å². The number of primary amides is 1. The smallest absolute Gasteiger partial charge is 0.220 e. The van der Waals surface area contributed by atoms with E-state index in [-0.39, 0.29) is 18.4 Å². The maximum absolute atomic E-state index is 11.1. The van der Waals surface area contributed by atoms with Gasteiger partial charge in [-0.1, -0.05) is 0 Å². The molecule has 100 valence electrons. The molecule has 2 heterocycles. The van der Waals surface area contributed by atoms with Crippen LogP contribution < -0.4 is 10.6 Å². The average molecular weight is 252 g/mol. The number of piperidine rings is 1. The van der Waals surface area contributed by atoms with E-state index in [1.807, 2.05) is 14.0 Å². The van der Waals surface area contributed by atoms with Crippen LogP contribution in [0.5, 0.6) is 0 Å². The van der Waals surface area contributed by atoms with Gasteiger partial charge in [-0.15, -0.1) is 0 Å². The third-order valence-corrected chi connectivity index (χ3v) is 3.67. The summed E-state index contributed by atoms with van der Waals surface area (Å²) in [7, 11) is 1.88. The molecule has 6 heteroatoms. The zero-order valence-corrected chi connectivity index (χ0v) is 10.9. The second kappa shape index (κ2) is 4.97. The van der Waals surface area contributed by atoms with Crippen LogP contribution >= 0.6 is 0 Å². The van der Waals surface area contributed by atoms with E-state index < -0.39 is 0 Å². The number of aliphatic hydroxyl groups is 1. The highest BCUT2D eigenvalue weighted by Crippen LogP contribution is 2.27. The lowest BCUT2D eigenvalue weighted by Gasteiger charge is -2.32. The molecule has 0 spiro atoms. The monoisotopic (exact) mass is 252 g/mol. The van der Waals surface area contributed by atoms with Crippen LogP contribution in [0.25, 0.3) is 0 Å². The Hall–Kier alpha value is -1.56. The SMILES string of the molecule is Cc1nn(C)c(N2CCC(C(N)=O)CC2)c1CO. The zero-order valence-electron chi connectivity index (χ0n) is 10.9. The van der Waals surface area contributed by atoms with E-state index in [0.29, 0.717) is 0 Å². The molecular formula is C12H20N4O2. The minimum Gasteiger partial charge on any atom is -0.391 e. The van der Waals surface area contributed by atoms with Crippen molar-refractivity contribution in [3.8, 4) is 0 Å². The molecule has 1 saturated heterocycles. The van der Waals surface area contributed by atoms with Crippen LogP contribution in [-0.4, -0.2) is 33.9 Å². The molecule has 2 rings (SSSR count). The maximum atomic E-state index is 11.1. The minimum absolute atomic E-state index is 0.00917. The fourth-order valence-electron chi connectivity index (χ4n) is 2.65. The average Bonchev–Trinajstić information content (AvgIpc) is 2.63. The number of nitrogens with two attached hydrogens (primary N) is 1. The first-order valence-corrected chi connectivity index (χ1v) is 6.22. The van der Waals surface area contributed by atoms with Gasteiger partial charge in [-0.25, -0.2) is 0 Å². The van der Waals surface area contributed by atoms with Crippen molar-refractivity contribution in [3.05, 3.63) is 11.3 Å². The number of anilines is 1. The Kier molecular flexibility index (Phi) is 3.56. The summed E-state index contributed by atoms with van der Waals surface area (Å²) in [6.07, 6.45) is 1.54. The number of nitrogens with zero attached hydrogens (tertiary/aromatic N) is 3. The van der Waals surface area contributed by atoms with Gasteiger partial charge in [0.25, 0.3) is 0 Å². The van der Waals surface area contributed by atoms with E-state index in [1.165, 1.54) is 0 Å². The molecule has 1 aromatic rings. The molecule has 0 aliphatic carbocycles. The summed E-state index contributed by atoms with van der Waals surface area (Å²) in [4.78, 5) is 13.3. The Morgan fingerprint density at radius 3 is 2.61 bits per heavy atom. The summed E-state index contributed by atoms with van der Waals surface area (Å²) in [5.74, 6) is 0.726. The predicted molar refractivity (Wildman–Crippen MR) is 68.0 cm³/mol. The first kappa shape index (κ1) is 12.9. The number of aryl methyl sites for hydroxylation is 2. The molecule has 1 aromatic heterocycles. The summed E-state index contributed by atoms with van der Waals surface area (Å²) in [6.45, 7) is 3.44. The van der Waals surface area contributed by atoms with Crippen LogP contribution in [0, 0.1) is 12.8 Å². The first-order valence-electron chi connectivity index (χ1n) is 6.22. The highest BCUT2D eigenvalue weighted by molar-refractivity contribution is 5.77. The molecule has 1 aliphatic rings. The fraction of sp³-hybridized carbons (Fsp3) is 0.667. The zero-order chi connectivity index (χ0) is 13.3. The van der Waals surface area contributed by atoms with Crippen LogP contribution in [0.2, 0.25) is 0 Å². The van der Waals surface area contributed by atoms with Gasteiger partial charge in [-0.05, 0) is 19.8 Å². The molecule has 0 radical (unpaired) electrons. The van der Waals surface area contributed by atoms with Gasteiger partial charge >= 0.3 is 0 Å². The molecule has 18 heavy (non-hydrogen) atoms. The summed E-state index contributed by atoms with van der Waals surface area (Å²) < 4.78 is 1.80. The molecular weight excluding hydrogens is 232 g/mol. The molecule has 6 nitrogen and oxygen atoms in total. The van der Waals surface area contributed by atoms with E-state index in [4.69, 9.17) is 5.73 Å². The van der Waals surface area contributed by atoms with E-state index in [9.17, 15) is 9.90 Å². The lowest BCUT2D eigenvalue weighted by molar-refractivity contribution is -0.122. The molecule has 0 aromatic carbocycles. The van der Waals surface area contributed by atoms with Gasteiger partial charge in [0.2, 0.25) is 5.91 Å². The Balaban J connectivity index is 2.17. The van der Waals surface area contributed by atoms with Crippen molar-refractivity contribution >= 4 is 11.7 Å². The third kappa shape index (κ3) is 2.20. The quantitative estimate of drug-likeness (QED) is 0.788. The van der Waals surface area contributed by atoms with Crippen LogP contribution in [-0.2, 0) is 18.4 Å². The normalized spacial score (nSPS) is 17.2. The number of rotatable bonds is 3. The van der Waals surface area contributed by atoms with Gasteiger partial charge in [-0.3, -0.25) is 9.48 Å². The van der Waals surface area contributed by atoms with Crippen LogP contribution in [0.4, 0.5) is 5.82 Å². The molecule has 0 saturated carbocycles. The third-order valence-electron chi connectivity index (χ3n) is 3.67. The minimum atomic E-state index is -0.210. The number of hydrogen-bond donors (Lipinski definition) is 2. The molecule has 0 unspecified atom stereocenters. The molecule has 1 amide bonds. The Labute approximate surface area is 106 Å².